The van der Waals surface area contributed by atoms with E-state index in [9.17, 15) is 18.1 Å². The summed E-state index contributed by atoms with van der Waals surface area (Å²) in [5.41, 5.74) is 0. The zero-order valence-electron chi connectivity index (χ0n) is 18.4. The van der Waals surface area contributed by atoms with Crippen LogP contribution in [-0.2, 0) is 14.6 Å². The minimum Gasteiger partial charge on any atom is -0.726 e. The highest BCUT2D eigenvalue weighted by molar-refractivity contribution is 7.80. The highest BCUT2D eigenvalue weighted by atomic mass is 32.3. The summed E-state index contributed by atoms with van der Waals surface area (Å²) in [5, 5.41) is 9.89. The Morgan fingerprint density at radius 3 is 2.00 bits per heavy atom. The highest BCUT2D eigenvalue weighted by Crippen LogP contribution is 2.10. The molecule has 2 N–H and O–H groups in total. The smallest absolute Gasteiger partial charge is 0.338 e. The van der Waals surface area contributed by atoms with Crippen molar-refractivity contribution in [2.45, 2.75) is 98.1 Å². The van der Waals surface area contributed by atoms with Crippen molar-refractivity contribution in [3.63, 3.8) is 0 Å². The predicted molar refractivity (Wildman–Crippen MR) is 111 cm³/mol. The van der Waals surface area contributed by atoms with Crippen molar-refractivity contribution in [2.75, 3.05) is 26.2 Å². The topological polar surface area (TPSA) is 94.1 Å². The Bertz CT molecular complexity index is 521. The molecule has 0 spiro atoms. The molecule has 1 aliphatic rings. The van der Waals surface area contributed by atoms with Crippen LogP contribution in [0.25, 0.3) is 0 Å². The van der Waals surface area contributed by atoms with E-state index >= 15 is 0 Å². The molecule has 0 aliphatic carbocycles. The Morgan fingerprint density at radius 1 is 1.07 bits per heavy atom. The Labute approximate surface area is 172 Å². The van der Waals surface area contributed by atoms with Gasteiger partial charge in [-0.2, -0.15) is 4.58 Å². The van der Waals surface area contributed by atoms with Crippen molar-refractivity contribution >= 4 is 16.2 Å². The molecular weight excluding hydrogens is 380 g/mol. The van der Waals surface area contributed by atoms with Gasteiger partial charge in [0.25, 0.3) is 0 Å². The molecule has 0 aromatic heterocycles. The maximum Gasteiger partial charge on any atom is 0.338 e. The van der Waals surface area contributed by atoms with E-state index in [2.05, 4.69) is 22.6 Å². The fourth-order valence-electron chi connectivity index (χ4n) is 3.60. The number of aliphatic hydroxyl groups is 1. The summed E-state index contributed by atoms with van der Waals surface area (Å²) in [6.07, 6.45) is 13.4. The molecule has 168 valence electrons. The molecule has 1 aliphatic heterocycles. The van der Waals surface area contributed by atoms with Gasteiger partial charge in [0.15, 0.2) is 12.8 Å². The molecule has 0 saturated heterocycles. The summed E-state index contributed by atoms with van der Waals surface area (Å²) in [6.45, 7) is 11.0. The van der Waals surface area contributed by atoms with E-state index in [1.807, 2.05) is 6.92 Å². The fourth-order valence-corrected chi connectivity index (χ4v) is 3.89. The zero-order chi connectivity index (χ0) is 21.4. The van der Waals surface area contributed by atoms with Crippen LogP contribution in [0.5, 0.6) is 0 Å². The van der Waals surface area contributed by atoms with Gasteiger partial charge in [-0.15, -0.1) is 0 Å². The van der Waals surface area contributed by atoms with E-state index < -0.39 is 10.4 Å². The van der Waals surface area contributed by atoms with Crippen molar-refractivity contribution in [2.24, 2.45) is 0 Å². The van der Waals surface area contributed by atoms with Gasteiger partial charge in [0, 0.05) is 6.92 Å². The lowest BCUT2D eigenvalue weighted by Gasteiger charge is -2.13. The van der Waals surface area contributed by atoms with E-state index in [-0.39, 0.29) is 12.8 Å². The van der Waals surface area contributed by atoms with Gasteiger partial charge in [-0.05, 0) is 20.3 Å². The van der Waals surface area contributed by atoms with Crippen LogP contribution in [0.2, 0.25) is 0 Å². The van der Waals surface area contributed by atoms with E-state index in [1.54, 1.807) is 0 Å². The standard InChI is InChI=1S/C18H37N2O.C2H6O4S/c1-4-6-7-8-9-10-11-12-13-14-18-19(5-2)15-16-20(18)17(3)21;1-2-6-7(3,4)5/h17,21H,4-16H2,1-3H3;2H2,1H3,(H,3,4,5)/q+1;. The minimum atomic E-state index is -4.42. The van der Waals surface area contributed by atoms with Crippen LogP contribution in [-0.4, -0.2) is 61.0 Å². The van der Waals surface area contributed by atoms with E-state index in [0.29, 0.717) is 0 Å². The summed E-state index contributed by atoms with van der Waals surface area (Å²) in [5.74, 6) is 1.45. The Balaban J connectivity index is 0.000000887. The third kappa shape index (κ3) is 13.6. The molecule has 0 radical (unpaired) electrons. The van der Waals surface area contributed by atoms with Crippen LogP contribution in [0.1, 0.15) is 91.9 Å². The quantitative estimate of drug-likeness (QED) is 0.193. The van der Waals surface area contributed by atoms with Gasteiger partial charge in [-0.25, -0.2) is 13.3 Å². The Morgan fingerprint density at radius 2 is 1.61 bits per heavy atom. The summed E-state index contributed by atoms with van der Waals surface area (Å²) in [7, 11) is -4.42. The molecule has 0 aromatic rings. The third-order valence-electron chi connectivity index (χ3n) is 5.07. The first-order valence-electron chi connectivity index (χ1n) is 11.0. The second-order valence-electron chi connectivity index (χ2n) is 7.37. The number of quaternary nitrogens is 1. The monoisotopic (exact) mass is 423 g/mol. The molecule has 0 amide bonds. The normalized spacial score (nSPS) is 18.1. The average molecular weight is 424 g/mol. The van der Waals surface area contributed by atoms with Crippen LogP contribution in [0.4, 0.5) is 0 Å². The second-order valence-corrected chi connectivity index (χ2v) is 8.42. The van der Waals surface area contributed by atoms with Crippen molar-refractivity contribution in [3.8, 4) is 0 Å². The van der Waals surface area contributed by atoms with Crippen molar-refractivity contribution in [1.29, 1.82) is 0 Å². The lowest BCUT2D eigenvalue weighted by Crippen LogP contribution is -3.17. The molecule has 1 heterocycles. The first kappa shape index (κ1) is 27.5. The second kappa shape index (κ2) is 16.3. The van der Waals surface area contributed by atoms with Crippen LogP contribution < -0.4 is 4.90 Å². The molecular formula is C20H43N2O5S+. The van der Waals surface area contributed by atoms with E-state index in [0.717, 1.165) is 19.6 Å². The summed E-state index contributed by atoms with van der Waals surface area (Å²) in [6, 6.07) is 0. The van der Waals surface area contributed by atoms with Gasteiger partial charge >= 0.3 is 5.84 Å². The van der Waals surface area contributed by atoms with Crippen molar-refractivity contribution < 1.29 is 31.7 Å². The van der Waals surface area contributed by atoms with Crippen LogP contribution in [0.3, 0.4) is 0 Å². The molecule has 0 bridgehead atoms. The van der Waals surface area contributed by atoms with E-state index in [1.165, 1.54) is 81.9 Å². The molecule has 7 nitrogen and oxygen atoms in total. The molecule has 1 rings (SSSR count). The minimum absolute atomic E-state index is 0.0914. The third-order valence-corrected chi connectivity index (χ3v) is 5.59. The van der Waals surface area contributed by atoms with Crippen LogP contribution in [0.15, 0.2) is 0 Å². The van der Waals surface area contributed by atoms with E-state index in [4.69, 9.17) is 0 Å². The molecule has 0 aromatic carbocycles. The van der Waals surface area contributed by atoms with Gasteiger partial charge in [-0.3, -0.25) is 4.18 Å². The largest absolute Gasteiger partial charge is 0.726 e. The Hall–Kier alpha value is -0.540. The lowest BCUT2D eigenvalue weighted by atomic mass is 10.1. The van der Waals surface area contributed by atoms with Gasteiger partial charge in [0.05, 0.1) is 13.0 Å². The Kier molecular flexibility index (Phi) is 16.0. The molecule has 2 unspecified atom stereocenters. The fraction of sp³-hybridized carbons (Fsp3) is 0.950. The number of amidine groups is 1. The van der Waals surface area contributed by atoms with Crippen LogP contribution in [0, 0.1) is 0 Å². The summed E-state index contributed by atoms with van der Waals surface area (Å²) < 4.78 is 34.5. The van der Waals surface area contributed by atoms with Crippen molar-refractivity contribution in [3.05, 3.63) is 0 Å². The number of nitrogens with one attached hydrogen (secondary N) is 1. The number of nitrogens with zero attached hydrogens (tertiary/aromatic N) is 1. The molecule has 0 saturated carbocycles. The molecule has 28 heavy (non-hydrogen) atoms. The van der Waals surface area contributed by atoms with Gasteiger partial charge < -0.3 is 9.66 Å². The SMILES string of the molecule is CCCCCCCCCCCC1=[N+](CC)CC[NH+]1C(C)O.CCOS(=O)(=O)[O-]. The van der Waals surface area contributed by atoms with Gasteiger partial charge in [0.2, 0.25) is 10.4 Å². The number of aliphatic hydroxyl groups excluding tert-OH is 1. The lowest BCUT2D eigenvalue weighted by molar-refractivity contribution is -0.856. The molecule has 0 fully saturated rings. The number of unbranched alkanes of at least 4 members (excludes halogenated alkanes) is 8. The first-order valence-corrected chi connectivity index (χ1v) is 12.3. The molecule has 8 heteroatoms. The van der Waals surface area contributed by atoms with Gasteiger partial charge in [0.1, 0.15) is 13.1 Å². The predicted octanol–water partition coefficient (Wildman–Crippen LogP) is 2.06. The van der Waals surface area contributed by atoms with Crippen LogP contribution >= 0.6 is 0 Å². The number of hydrogen-bond donors (Lipinski definition) is 2. The maximum atomic E-state index is 9.89. The highest BCUT2D eigenvalue weighted by Gasteiger charge is 2.36. The first-order chi connectivity index (χ1) is 13.3. The van der Waals surface area contributed by atoms with Gasteiger partial charge in [-0.1, -0.05) is 58.3 Å². The number of likely N-dealkylation sites (N-methyl/N-ethyl adjacent to an activating group) is 1. The summed E-state index contributed by atoms with van der Waals surface area (Å²) >= 11 is 0. The maximum absolute atomic E-state index is 9.89. The number of hydrogen-bond acceptors (Lipinski definition) is 5. The summed E-state index contributed by atoms with van der Waals surface area (Å²) in [4.78, 5) is 1.30. The average Bonchev–Trinajstić information content (AvgIpc) is 3.03. The zero-order valence-corrected chi connectivity index (χ0v) is 19.2. The number of rotatable bonds is 14. The van der Waals surface area contributed by atoms with Crippen molar-refractivity contribution in [1.82, 2.24) is 0 Å². The molecule has 2 atom stereocenters.